The van der Waals surface area contributed by atoms with Crippen LogP contribution in [0.5, 0.6) is 0 Å². The summed E-state index contributed by atoms with van der Waals surface area (Å²) in [5.41, 5.74) is 6.55. The second-order valence-corrected chi connectivity index (χ2v) is 5.93. The van der Waals surface area contributed by atoms with Crippen LogP contribution >= 0.6 is 22.9 Å². The van der Waals surface area contributed by atoms with Crippen molar-refractivity contribution in [3.8, 4) is 0 Å². The third kappa shape index (κ3) is 3.42. The van der Waals surface area contributed by atoms with Crippen LogP contribution in [0.25, 0.3) is 10.1 Å². The number of ether oxygens (including phenoxy) is 1. The number of carbonyl (C=O) groups excluding carboxylic acids is 1. The van der Waals surface area contributed by atoms with Gasteiger partial charge in [0.1, 0.15) is 4.88 Å². The summed E-state index contributed by atoms with van der Waals surface area (Å²) in [6, 6.07) is 5.45. The largest absolute Gasteiger partial charge is 0.397 e. The van der Waals surface area contributed by atoms with Crippen molar-refractivity contribution in [2.24, 2.45) is 0 Å². The molecule has 0 atom stereocenters. The molecule has 6 heteroatoms. The topological polar surface area (TPSA) is 64.3 Å². The number of halogens is 1. The zero-order valence-corrected chi connectivity index (χ0v) is 12.8. The quantitative estimate of drug-likeness (QED) is 0.804. The minimum Gasteiger partial charge on any atom is -0.397 e. The molecule has 1 aromatic heterocycles. The summed E-state index contributed by atoms with van der Waals surface area (Å²) in [6.07, 6.45) is 1.81. The van der Waals surface area contributed by atoms with Gasteiger partial charge in [0.15, 0.2) is 0 Å². The minimum atomic E-state index is -0.128. The van der Waals surface area contributed by atoms with Crippen LogP contribution in [0, 0.1) is 0 Å². The average molecular weight is 313 g/mol. The van der Waals surface area contributed by atoms with E-state index in [1.54, 1.807) is 13.2 Å². The lowest BCUT2D eigenvalue weighted by molar-refractivity contribution is 0.0956. The molecule has 1 amide bonds. The molecule has 4 nitrogen and oxygen atoms in total. The lowest BCUT2D eigenvalue weighted by Crippen LogP contribution is -2.24. The van der Waals surface area contributed by atoms with Gasteiger partial charge in [0.2, 0.25) is 0 Å². The second kappa shape index (κ2) is 6.92. The number of amides is 1. The Kier molecular flexibility index (Phi) is 5.23. The molecule has 0 saturated carbocycles. The Labute approximate surface area is 126 Å². The van der Waals surface area contributed by atoms with E-state index in [0.717, 1.165) is 22.9 Å². The van der Waals surface area contributed by atoms with Crippen molar-refractivity contribution < 1.29 is 9.53 Å². The molecule has 2 aromatic rings. The molecule has 2 rings (SSSR count). The summed E-state index contributed by atoms with van der Waals surface area (Å²) in [7, 11) is 1.67. The summed E-state index contributed by atoms with van der Waals surface area (Å²) >= 11 is 7.31. The van der Waals surface area contributed by atoms with Gasteiger partial charge in [-0.05, 0) is 31.0 Å². The molecule has 0 bridgehead atoms. The summed E-state index contributed by atoms with van der Waals surface area (Å²) in [6.45, 7) is 1.33. The van der Waals surface area contributed by atoms with Crippen molar-refractivity contribution >= 4 is 44.6 Å². The van der Waals surface area contributed by atoms with E-state index in [1.807, 2.05) is 12.1 Å². The van der Waals surface area contributed by atoms with Crippen LogP contribution in [0.1, 0.15) is 22.5 Å². The third-order valence-electron chi connectivity index (χ3n) is 2.96. The molecule has 20 heavy (non-hydrogen) atoms. The van der Waals surface area contributed by atoms with Crippen molar-refractivity contribution in [1.82, 2.24) is 5.32 Å². The number of fused-ring (bicyclic) bond motifs is 1. The van der Waals surface area contributed by atoms with E-state index in [4.69, 9.17) is 22.1 Å². The maximum atomic E-state index is 12.1. The first-order chi connectivity index (χ1) is 9.63. The normalized spacial score (nSPS) is 10.9. The van der Waals surface area contributed by atoms with Crippen molar-refractivity contribution in [3.05, 3.63) is 28.1 Å². The number of thiophene rings is 1. The molecule has 1 heterocycles. The molecule has 0 aliphatic carbocycles. The Morgan fingerprint density at radius 3 is 3.00 bits per heavy atom. The number of nitrogens with one attached hydrogen (secondary N) is 1. The first-order valence-electron chi connectivity index (χ1n) is 6.38. The molecule has 0 radical (unpaired) electrons. The molecule has 1 aromatic carbocycles. The number of hydrogen-bond acceptors (Lipinski definition) is 4. The van der Waals surface area contributed by atoms with Crippen molar-refractivity contribution in [2.75, 3.05) is 26.0 Å². The summed E-state index contributed by atoms with van der Waals surface area (Å²) in [4.78, 5) is 12.7. The van der Waals surface area contributed by atoms with Gasteiger partial charge < -0.3 is 15.8 Å². The number of carbonyl (C=O) groups is 1. The van der Waals surface area contributed by atoms with E-state index in [2.05, 4.69) is 5.32 Å². The third-order valence-corrected chi connectivity index (χ3v) is 4.36. The highest BCUT2D eigenvalue weighted by Gasteiger charge is 2.15. The molecule has 3 N–H and O–H groups in total. The van der Waals surface area contributed by atoms with E-state index in [1.165, 1.54) is 11.3 Å². The lowest BCUT2D eigenvalue weighted by atomic mass is 10.2. The molecule has 0 spiro atoms. The molecule has 0 aliphatic heterocycles. The van der Waals surface area contributed by atoms with Crippen LogP contribution in [-0.2, 0) is 4.74 Å². The molecular weight excluding hydrogens is 296 g/mol. The summed E-state index contributed by atoms with van der Waals surface area (Å²) < 4.78 is 5.89. The van der Waals surface area contributed by atoms with Gasteiger partial charge in [-0.3, -0.25) is 4.79 Å². The fraction of sp³-hybridized carbons (Fsp3) is 0.357. The SMILES string of the molecule is COCCCCNC(=O)c1sc2cc(Cl)ccc2c1N. The fourth-order valence-corrected chi connectivity index (χ4v) is 3.23. The molecule has 108 valence electrons. The molecule has 0 aliphatic rings. The summed E-state index contributed by atoms with van der Waals surface area (Å²) in [5.74, 6) is -0.128. The number of nitrogens with two attached hydrogens (primary N) is 1. The maximum absolute atomic E-state index is 12.1. The minimum absolute atomic E-state index is 0.128. The lowest BCUT2D eigenvalue weighted by Gasteiger charge is -2.04. The number of hydrogen-bond donors (Lipinski definition) is 2. The zero-order valence-electron chi connectivity index (χ0n) is 11.2. The Hall–Kier alpha value is -1.30. The standard InChI is InChI=1S/C14H17ClN2O2S/c1-19-7-3-2-6-17-14(18)13-12(16)10-5-4-9(15)8-11(10)20-13/h4-5,8H,2-3,6-7,16H2,1H3,(H,17,18). The maximum Gasteiger partial charge on any atom is 0.263 e. The molecule has 0 fully saturated rings. The van der Waals surface area contributed by atoms with E-state index in [-0.39, 0.29) is 5.91 Å². The van der Waals surface area contributed by atoms with Crippen molar-refractivity contribution in [3.63, 3.8) is 0 Å². The number of anilines is 1. The predicted molar refractivity (Wildman–Crippen MR) is 84.7 cm³/mol. The number of methoxy groups -OCH3 is 1. The Morgan fingerprint density at radius 2 is 2.25 bits per heavy atom. The predicted octanol–water partition coefficient (Wildman–Crippen LogP) is 3.29. The molecular formula is C14H17ClN2O2S. The van der Waals surface area contributed by atoms with E-state index in [0.29, 0.717) is 28.7 Å². The van der Waals surface area contributed by atoms with Crippen molar-refractivity contribution in [2.45, 2.75) is 12.8 Å². The highest BCUT2D eigenvalue weighted by Crippen LogP contribution is 2.35. The zero-order chi connectivity index (χ0) is 14.5. The van der Waals surface area contributed by atoms with Crippen LogP contribution in [0.15, 0.2) is 18.2 Å². The van der Waals surface area contributed by atoms with Gasteiger partial charge in [-0.1, -0.05) is 11.6 Å². The van der Waals surface area contributed by atoms with Gasteiger partial charge in [-0.2, -0.15) is 0 Å². The van der Waals surface area contributed by atoms with Gasteiger partial charge >= 0.3 is 0 Å². The van der Waals surface area contributed by atoms with Crippen LogP contribution in [0.4, 0.5) is 5.69 Å². The first-order valence-corrected chi connectivity index (χ1v) is 7.57. The average Bonchev–Trinajstić information content (AvgIpc) is 2.75. The van der Waals surface area contributed by atoms with Crippen LogP contribution in [0.3, 0.4) is 0 Å². The van der Waals surface area contributed by atoms with Crippen LogP contribution in [0.2, 0.25) is 5.02 Å². The first kappa shape index (κ1) is 15.1. The van der Waals surface area contributed by atoms with Gasteiger partial charge in [0.05, 0.1) is 5.69 Å². The Morgan fingerprint density at radius 1 is 1.45 bits per heavy atom. The van der Waals surface area contributed by atoms with Gasteiger partial charge in [-0.25, -0.2) is 0 Å². The van der Waals surface area contributed by atoms with E-state index >= 15 is 0 Å². The second-order valence-electron chi connectivity index (χ2n) is 4.44. The fourth-order valence-electron chi connectivity index (χ4n) is 1.91. The smallest absolute Gasteiger partial charge is 0.263 e. The monoisotopic (exact) mass is 312 g/mol. The number of nitrogen functional groups attached to an aromatic ring is 1. The van der Waals surface area contributed by atoms with Crippen LogP contribution < -0.4 is 11.1 Å². The van der Waals surface area contributed by atoms with Gasteiger partial charge in [-0.15, -0.1) is 11.3 Å². The van der Waals surface area contributed by atoms with E-state index in [9.17, 15) is 4.79 Å². The van der Waals surface area contributed by atoms with Crippen molar-refractivity contribution in [1.29, 1.82) is 0 Å². The molecule has 0 saturated heterocycles. The van der Waals surface area contributed by atoms with Gasteiger partial charge in [0, 0.05) is 35.4 Å². The number of benzene rings is 1. The van der Waals surface area contributed by atoms with E-state index < -0.39 is 0 Å². The Balaban J connectivity index is 2.04. The van der Waals surface area contributed by atoms with Crippen LogP contribution in [-0.4, -0.2) is 26.2 Å². The Bertz CT molecular complexity index is 612. The number of unbranched alkanes of at least 4 members (excludes halogenated alkanes) is 1. The van der Waals surface area contributed by atoms with Gasteiger partial charge in [0.25, 0.3) is 5.91 Å². The highest BCUT2D eigenvalue weighted by molar-refractivity contribution is 7.21. The molecule has 0 unspecified atom stereocenters. The summed E-state index contributed by atoms with van der Waals surface area (Å²) in [5, 5.41) is 4.40. The number of rotatable bonds is 6. The highest BCUT2D eigenvalue weighted by atomic mass is 35.5.